The Morgan fingerprint density at radius 1 is 0.600 bits per heavy atom. The SMILES string of the molecule is CSCC[C@H](CC=O)C(=O)N[C@@H](CC(C)C)C(=O)C[C@@H](Cc1ccccc1)C(=O)O.CSCC[C@H](CC=O)C(=O)N[C@@H](CC(C)C)C(=O)C[C@@H](Cc1ccccc1)C(=O)ON1C(=O)CCC1=O.O=C1CCC(=O)N1O. The second-order valence-corrected chi connectivity index (χ2v) is 21.2. The summed E-state index contributed by atoms with van der Waals surface area (Å²) in [5.74, 6) is -6.57. The highest BCUT2D eigenvalue weighted by Crippen LogP contribution is 2.23. The third-order valence-corrected chi connectivity index (χ3v) is 13.4. The van der Waals surface area contributed by atoms with Gasteiger partial charge in [-0.1, -0.05) is 88.4 Å². The maximum absolute atomic E-state index is 13.4. The molecular formula is C54H74N4O15S2. The summed E-state index contributed by atoms with van der Waals surface area (Å²) in [4.78, 5) is 148. The molecule has 4 rings (SSSR count). The second-order valence-electron chi connectivity index (χ2n) is 19.2. The maximum atomic E-state index is 13.4. The first-order valence-corrected chi connectivity index (χ1v) is 27.9. The van der Waals surface area contributed by atoms with E-state index >= 15 is 0 Å². The van der Waals surface area contributed by atoms with Gasteiger partial charge in [-0.15, -0.1) is 5.06 Å². The minimum atomic E-state index is -1.03. The van der Waals surface area contributed by atoms with Crippen molar-refractivity contribution in [1.82, 2.24) is 20.8 Å². The number of hydroxylamine groups is 4. The molecular weight excluding hydrogens is 1010 g/mol. The predicted molar refractivity (Wildman–Crippen MR) is 281 cm³/mol. The number of nitrogens with one attached hydrogen (secondary N) is 2. The van der Waals surface area contributed by atoms with E-state index in [1.165, 1.54) is 0 Å². The Hall–Kier alpha value is -6.06. The monoisotopic (exact) mass is 1080 g/mol. The molecule has 0 spiro atoms. The lowest BCUT2D eigenvalue weighted by Crippen LogP contribution is -2.46. The molecule has 2 aliphatic heterocycles. The Morgan fingerprint density at radius 2 is 0.973 bits per heavy atom. The number of Topliss-reactive ketones (excluding diaryl/α,β-unsaturated/α-hetero) is 2. The molecule has 412 valence electrons. The number of nitrogens with zero attached hydrogens (tertiary/aromatic N) is 2. The van der Waals surface area contributed by atoms with Gasteiger partial charge in [0.15, 0.2) is 11.6 Å². The van der Waals surface area contributed by atoms with E-state index in [1.54, 1.807) is 47.8 Å². The third-order valence-electron chi connectivity index (χ3n) is 12.1. The average Bonchev–Trinajstić information content (AvgIpc) is 3.85. The zero-order chi connectivity index (χ0) is 56.0. The second kappa shape index (κ2) is 35.2. The van der Waals surface area contributed by atoms with E-state index in [4.69, 9.17) is 10.0 Å². The van der Waals surface area contributed by atoms with Gasteiger partial charge >= 0.3 is 11.9 Å². The number of aldehydes is 2. The van der Waals surface area contributed by atoms with Gasteiger partial charge in [-0.3, -0.25) is 48.4 Å². The molecule has 75 heavy (non-hydrogen) atoms. The lowest BCUT2D eigenvalue weighted by atomic mass is 9.89. The summed E-state index contributed by atoms with van der Waals surface area (Å²) in [6, 6.07) is 16.6. The van der Waals surface area contributed by atoms with Gasteiger partial charge in [0, 0.05) is 63.2 Å². The number of carboxylic acids is 1. The van der Waals surface area contributed by atoms with Gasteiger partial charge < -0.3 is 30.2 Å². The molecule has 2 heterocycles. The van der Waals surface area contributed by atoms with E-state index in [9.17, 15) is 62.6 Å². The van der Waals surface area contributed by atoms with Crippen LogP contribution in [0.15, 0.2) is 60.7 Å². The molecule has 2 saturated heterocycles. The number of thioether (sulfide) groups is 2. The van der Waals surface area contributed by atoms with Crippen molar-refractivity contribution >= 4 is 95.0 Å². The topological polar surface area (TPSA) is 285 Å². The van der Waals surface area contributed by atoms with Gasteiger partial charge in [0.1, 0.15) is 12.6 Å². The van der Waals surface area contributed by atoms with Crippen molar-refractivity contribution < 1.29 is 72.7 Å². The van der Waals surface area contributed by atoms with Crippen LogP contribution in [0, 0.1) is 35.5 Å². The molecule has 19 nitrogen and oxygen atoms in total. The summed E-state index contributed by atoms with van der Waals surface area (Å²) in [6.07, 6.45) is 7.56. The average molecular weight is 1080 g/mol. The Kier molecular flexibility index (Phi) is 30.6. The molecule has 4 N–H and O–H groups in total. The quantitative estimate of drug-likeness (QED) is 0.0394. The van der Waals surface area contributed by atoms with E-state index in [2.05, 4.69) is 10.6 Å². The molecule has 0 aliphatic carbocycles. The fourth-order valence-electron chi connectivity index (χ4n) is 7.97. The lowest BCUT2D eigenvalue weighted by Gasteiger charge is -2.25. The van der Waals surface area contributed by atoms with Crippen LogP contribution in [0.25, 0.3) is 0 Å². The van der Waals surface area contributed by atoms with Gasteiger partial charge in [0.25, 0.3) is 23.6 Å². The van der Waals surface area contributed by atoms with Crippen LogP contribution in [-0.2, 0) is 75.2 Å². The highest BCUT2D eigenvalue weighted by molar-refractivity contribution is 7.98. The first-order valence-electron chi connectivity index (χ1n) is 25.1. The number of imide groups is 2. The molecule has 2 aromatic rings. The molecule has 21 heteroatoms. The number of rotatable bonds is 31. The lowest BCUT2D eigenvalue weighted by molar-refractivity contribution is -0.200. The van der Waals surface area contributed by atoms with E-state index < -0.39 is 71.3 Å². The fourth-order valence-corrected chi connectivity index (χ4v) is 9.01. The summed E-state index contributed by atoms with van der Waals surface area (Å²) < 4.78 is 0. The van der Waals surface area contributed by atoms with Crippen molar-refractivity contribution in [3.05, 3.63) is 71.8 Å². The van der Waals surface area contributed by atoms with Crippen molar-refractivity contribution in [2.24, 2.45) is 35.5 Å². The minimum absolute atomic E-state index is 0.0324. The molecule has 2 aromatic carbocycles. The van der Waals surface area contributed by atoms with Crippen LogP contribution in [0.2, 0.25) is 0 Å². The van der Waals surface area contributed by atoms with Gasteiger partial charge in [-0.2, -0.15) is 28.6 Å². The van der Waals surface area contributed by atoms with Gasteiger partial charge in [-0.05, 0) is 85.5 Å². The summed E-state index contributed by atoms with van der Waals surface area (Å²) in [5.41, 5.74) is 1.63. The number of carbonyl (C=O) groups excluding carboxylic acids is 11. The van der Waals surface area contributed by atoms with Gasteiger partial charge in [-0.25, -0.2) is 4.79 Å². The standard InChI is InChI=1S/C27H36N2O7S.C23H33NO5S.C4H5NO3/c1-18(2)15-22(28-26(34)20(11-13-30)12-14-37-3)23(31)17-21(16-19-7-5-4-6-8-19)27(35)36-29-24(32)9-10-25(29)33;1-16(2)13-20(24-22(27)18(9-11-25)10-12-30-3)21(26)15-19(23(28)29)14-17-7-5-4-6-8-17;6-3-1-2-4(7)5(3)8/h4-8,13,18,20-22H,9-12,14-17H2,1-3H3,(H,28,34);4-8,11,16,18-20H,9-10,12-15H2,1-3H3,(H,24,27)(H,28,29);8H,1-2H2/t20-,21+,22-;18-,19+,20-;/m00./s1. The van der Waals surface area contributed by atoms with Crippen LogP contribution >= 0.6 is 23.5 Å². The molecule has 0 aromatic heterocycles. The Labute approximate surface area is 447 Å². The molecule has 2 fully saturated rings. The number of aliphatic carboxylic acids is 1. The van der Waals surface area contributed by atoms with Crippen LogP contribution in [0.1, 0.15) is 116 Å². The van der Waals surface area contributed by atoms with Crippen molar-refractivity contribution in [2.75, 3.05) is 24.0 Å². The first-order chi connectivity index (χ1) is 35.6. The molecule has 6 atom stereocenters. The van der Waals surface area contributed by atoms with Crippen molar-refractivity contribution in [1.29, 1.82) is 0 Å². The zero-order valence-electron chi connectivity index (χ0n) is 43.8. The van der Waals surface area contributed by atoms with Crippen LogP contribution < -0.4 is 10.6 Å². The third kappa shape index (κ3) is 24.4. The number of carboxylic acid groups (broad SMARTS) is 1. The first kappa shape index (κ1) is 65.1. The molecule has 0 saturated carbocycles. The largest absolute Gasteiger partial charge is 0.481 e. The summed E-state index contributed by atoms with van der Waals surface area (Å²) in [7, 11) is 0. The molecule has 6 amide bonds. The predicted octanol–water partition coefficient (Wildman–Crippen LogP) is 5.80. The maximum Gasteiger partial charge on any atom is 0.337 e. The zero-order valence-corrected chi connectivity index (χ0v) is 45.4. The summed E-state index contributed by atoms with van der Waals surface area (Å²) in [5, 5.41) is 24.3. The Balaban J connectivity index is 0.000000452. The highest BCUT2D eigenvalue weighted by atomic mass is 32.2. The van der Waals surface area contributed by atoms with Crippen LogP contribution in [0.5, 0.6) is 0 Å². The molecule has 0 unspecified atom stereocenters. The van der Waals surface area contributed by atoms with Crippen molar-refractivity contribution in [3.63, 3.8) is 0 Å². The minimum Gasteiger partial charge on any atom is -0.481 e. The molecule has 2 aliphatic rings. The van der Waals surface area contributed by atoms with Gasteiger partial charge in [0.2, 0.25) is 11.8 Å². The fraction of sp³-hybridized carbons (Fsp3) is 0.556. The van der Waals surface area contributed by atoms with Crippen LogP contribution in [0.4, 0.5) is 0 Å². The number of benzene rings is 2. The molecule has 0 bridgehead atoms. The number of carbonyl (C=O) groups is 12. The van der Waals surface area contributed by atoms with E-state index in [1.807, 2.05) is 76.6 Å². The molecule has 0 radical (unpaired) electrons. The van der Waals surface area contributed by atoms with Crippen LogP contribution in [-0.4, -0.2) is 128 Å². The van der Waals surface area contributed by atoms with E-state index in [-0.39, 0.29) is 104 Å². The summed E-state index contributed by atoms with van der Waals surface area (Å²) >= 11 is 3.16. The Bertz CT molecular complexity index is 2200. The van der Waals surface area contributed by atoms with E-state index in [0.29, 0.717) is 42.8 Å². The smallest absolute Gasteiger partial charge is 0.337 e. The Morgan fingerprint density at radius 3 is 1.31 bits per heavy atom. The van der Waals surface area contributed by atoms with Crippen molar-refractivity contribution in [3.8, 4) is 0 Å². The van der Waals surface area contributed by atoms with Crippen LogP contribution in [0.3, 0.4) is 0 Å². The number of amides is 6. The number of ketones is 2. The number of hydrogen-bond acceptors (Lipinski definition) is 16. The van der Waals surface area contributed by atoms with Crippen molar-refractivity contribution in [2.45, 2.75) is 130 Å². The van der Waals surface area contributed by atoms with E-state index in [0.717, 1.165) is 23.2 Å². The highest BCUT2D eigenvalue weighted by Gasteiger charge is 2.37. The summed E-state index contributed by atoms with van der Waals surface area (Å²) in [6.45, 7) is 7.73. The number of hydrogen-bond donors (Lipinski definition) is 4. The normalized spacial score (nSPS) is 15.6. The van der Waals surface area contributed by atoms with Gasteiger partial charge in [0.05, 0.1) is 23.9 Å².